The van der Waals surface area contributed by atoms with E-state index >= 15 is 0 Å². The standard InChI is InChI=1S/C19H19NO3/c1-3-20(4-2)14-10-11-15-16(12-14)23-19(18(22)17(15)21)13-8-6-5-7-9-13/h5-12,22H,3-4H2,1-2H3. The van der Waals surface area contributed by atoms with Crippen molar-refractivity contribution in [3.8, 4) is 17.1 Å². The molecule has 4 heteroatoms. The van der Waals surface area contributed by atoms with E-state index in [-0.39, 0.29) is 11.5 Å². The largest absolute Gasteiger partial charge is 0.502 e. The van der Waals surface area contributed by atoms with Gasteiger partial charge in [0, 0.05) is 30.4 Å². The van der Waals surface area contributed by atoms with Gasteiger partial charge in [0.2, 0.25) is 11.2 Å². The highest BCUT2D eigenvalue weighted by Crippen LogP contribution is 2.31. The second-order valence-electron chi connectivity index (χ2n) is 5.33. The van der Waals surface area contributed by atoms with Crippen molar-refractivity contribution >= 4 is 16.7 Å². The minimum Gasteiger partial charge on any atom is -0.502 e. The lowest BCUT2D eigenvalue weighted by Gasteiger charge is -2.21. The first kappa shape index (κ1) is 15.2. The molecule has 1 aromatic heterocycles. The summed E-state index contributed by atoms with van der Waals surface area (Å²) in [5.41, 5.74) is 1.75. The van der Waals surface area contributed by atoms with Gasteiger partial charge in [0.05, 0.1) is 5.39 Å². The summed E-state index contributed by atoms with van der Waals surface area (Å²) in [6.07, 6.45) is 0. The smallest absolute Gasteiger partial charge is 0.235 e. The summed E-state index contributed by atoms with van der Waals surface area (Å²) in [5.74, 6) is -0.140. The zero-order valence-corrected chi connectivity index (χ0v) is 13.2. The van der Waals surface area contributed by atoms with Gasteiger partial charge in [-0.1, -0.05) is 30.3 Å². The Balaban J connectivity index is 2.24. The van der Waals surface area contributed by atoms with E-state index in [0.717, 1.165) is 18.8 Å². The number of benzene rings is 2. The number of anilines is 1. The summed E-state index contributed by atoms with van der Waals surface area (Å²) < 4.78 is 5.86. The highest BCUT2D eigenvalue weighted by atomic mass is 16.4. The highest BCUT2D eigenvalue weighted by molar-refractivity contribution is 5.84. The van der Waals surface area contributed by atoms with E-state index in [2.05, 4.69) is 18.7 Å². The Labute approximate surface area is 134 Å². The van der Waals surface area contributed by atoms with Gasteiger partial charge in [-0.3, -0.25) is 4.79 Å². The van der Waals surface area contributed by atoms with Crippen LogP contribution in [0.25, 0.3) is 22.3 Å². The normalized spacial score (nSPS) is 10.9. The van der Waals surface area contributed by atoms with E-state index in [1.165, 1.54) is 0 Å². The second-order valence-corrected chi connectivity index (χ2v) is 5.33. The van der Waals surface area contributed by atoms with Crippen LogP contribution in [-0.4, -0.2) is 18.2 Å². The molecule has 3 rings (SSSR count). The van der Waals surface area contributed by atoms with Gasteiger partial charge in [-0.25, -0.2) is 0 Å². The third-order valence-electron chi connectivity index (χ3n) is 4.02. The molecule has 2 aromatic carbocycles. The molecule has 0 aliphatic rings. The molecule has 1 N–H and O–H groups in total. The van der Waals surface area contributed by atoms with Gasteiger partial charge in [0.1, 0.15) is 5.58 Å². The Morgan fingerprint density at radius 3 is 2.39 bits per heavy atom. The summed E-state index contributed by atoms with van der Waals surface area (Å²) in [6, 6.07) is 14.6. The fourth-order valence-corrected chi connectivity index (χ4v) is 2.74. The van der Waals surface area contributed by atoms with Gasteiger partial charge in [0.25, 0.3) is 0 Å². The molecule has 0 spiro atoms. The quantitative estimate of drug-likeness (QED) is 0.791. The Morgan fingerprint density at radius 1 is 1.04 bits per heavy atom. The SMILES string of the molecule is CCN(CC)c1ccc2c(=O)c(O)c(-c3ccccc3)oc2c1. The average Bonchev–Trinajstić information content (AvgIpc) is 2.60. The molecule has 0 saturated carbocycles. The second kappa shape index (κ2) is 6.16. The van der Waals surface area contributed by atoms with Gasteiger partial charge in [-0.2, -0.15) is 0 Å². The van der Waals surface area contributed by atoms with E-state index < -0.39 is 5.43 Å². The molecule has 3 aromatic rings. The lowest BCUT2D eigenvalue weighted by molar-refractivity contribution is 0.449. The minimum atomic E-state index is -0.406. The maximum Gasteiger partial charge on any atom is 0.235 e. The first-order valence-corrected chi connectivity index (χ1v) is 7.75. The van der Waals surface area contributed by atoms with Crippen LogP contribution in [0.5, 0.6) is 5.75 Å². The minimum absolute atomic E-state index is 0.208. The molecule has 0 radical (unpaired) electrons. The zero-order chi connectivity index (χ0) is 16.4. The Kier molecular flexibility index (Phi) is 4.06. The fraction of sp³-hybridized carbons (Fsp3) is 0.211. The monoisotopic (exact) mass is 309 g/mol. The first-order chi connectivity index (χ1) is 11.2. The van der Waals surface area contributed by atoms with Gasteiger partial charge < -0.3 is 14.4 Å². The van der Waals surface area contributed by atoms with Crippen molar-refractivity contribution in [2.45, 2.75) is 13.8 Å². The zero-order valence-electron chi connectivity index (χ0n) is 13.2. The van der Waals surface area contributed by atoms with Crippen molar-refractivity contribution in [3.63, 3.8) is 0 Å². The van der Waals surface area contributed by atoms with Crippen LogP contribution in [0.4, 0.5) is 5.69 Å². The van der Waals surface area contributed by atoms with E-state index in [9.17, 15) is 9.90 Å². The van der Waals surface area contributed by atoms with Gasteiger partial charge in [0.15, 0.2) is 5.76 Å². The average molecular weight is 309 g/mol. The predicted molar refractivity (Wildman–Crippen MR) is 93.1 cm³/mol. The van der Waals surface area contributed by atoms with Crippen LogP contribution in [0.2, 0.25) is 0 Å². The lowest BCUT2D eigenvalue weighted by Crippen LogP contribution is -2.21. The number of nitrogens with zero attached hydrogens (tertiary/aromatic N) is 1. The summed E-state index contributed by atoms with van der Waals surface area (Å²) >= 11 is 0. The van der Waals surface area contributed by atoms with Crippen molar-refractivity contribution in [2.24, 2.45) is 0 Å². The third-order valence-corrected chi connectivity index (χ3v) is 4.02. The van der Waals surface area contributed by atoms with Gasteiger partial charge >= 0.3 is 0 Å². The van der Waals surface area contributed by atoms with E-state index in [0.29, 0.717) is 16.5 Å². The van der Waals surface area contributed by atoms with Crippen LogP contribution in [0.1, 0.15) is 13.8 Å². The number of hydrogen-bond donors (Lipinski definition) is 1. The van der Waals surface area contributed by atoms with Crippen LogP contribution >= 0.6 is 0 Å². The van der Waals surface area contributed by atoms with Crippen LogP contribution in [0, 0.1) is 0 Å². The molecule has 0 aliphatic heterocycles. The maximum absolute atomic E-state index is 12.4. The summed E-state index contributed by atoms with van der Waals surface area (Å²) in [6.45, 7) is 5.90. The molecule has 1 heterocycles. The third kappa shape index (κ3) is 2.68. The fourth-order valence-electron chi connectivity index (χ4n) is 2.74. The maximum atomic E-state index is 12.4. The summed E-state index contributed by atoms with van der Waals surface area (Å²) in [4.78, 5) is 14.6. The summed E-state index contributed by atoms with van der Waals surface area (Å²) in [7, 11) is 0. The number of aromatic hydroxyl groups is 1. The van der Waals surface area contributed by atoms with Crippen LogP contribution in [-0.2, 0) is 0 Å². The van der Waals surface area contributed by atoms with Gasteiger partial charge in [-0.05, 0) is 26.0 Å². The van der Waals surface area contributed by atoms with Crippen molar-refractivity contribution in [1.82, 2.24) is 0 Å². The van der Waals surface area contributed by atoms with E-state index in [1.54, 1.807) is 18.2 Å². The first-order valence-electron chi connectivity index (χ1n) is 7.75. The Hall–Kier alpha value is -2.75. The van der Waals surface area contributed by atoms with E-state index in [1.807, 2.05) is 30.3 Å². The molecule has 0 fully saturated rings. The Bertz CT molecular complexity index is 880. The van der Waals surface area contributed by atoms with Crippen molar-refractivity contribution in [2.75, 3.05) is 18.0 Å². The lowest BCUT2D eigenvalue weighted by atomic mass is 10.1. The molecule has 0 amide bonds. The van der Waals surface area contributed by atoms with Crippen molar-refractivity contribution < 1.29 is 9.52 Å². The molecule has 4 nitrogen and oxygen atoms in total. The molecule has 118 valence electrons. The molecular formula is C19H19NO3. The number of fused-ring (bicyclic) bond motifs is 1. The van der Waals surface area contributed by atoms with E-state index in [4.69, 9.17) is 4.42 Å². The molecular weight excluding hydrogens is 290 g/mol. The van der Waals surface area contributed by atoms with Gasteiger partial charge in [-0.15, -0.1) is 0 Å². The molecule has 0 aliphatic carbocycles. The number of hydrogen-bond acceptors (Lipinski definition) is 4. The van der Waals surface area contributed by atoms with Crippen molar-refractivity contribution in [1.29, 1.82) is 0 Å². The molecule has 0 unspecified atom stereocenters. The Morgan fingerprint density at radius 2 is 1.74 bits per heavy atom. The molecule has 0 atom stereocenters. The molecule has 0 bridgehead atoms. The summed E-state index contributed by atoms with van der Waals surface area (Å²) in [5, 5.41) is 10.6. The predicted octanol–water partition coefficient (Wildman–Crippen LogP) is 4.01. The van der Waals surface area contributed by atoms with Crippen LogP contribution < -0.4 is 10.3 Å². The van der Waals surface area contributed by atoms with Crippen LogP contribution in [0.15, 0.2) is 57.7 Å². The highest BCUT2D eigenvalue weighted by Gasteiger charge is 2.16. The topological polar surface area (TPSA) is 53.7 Å². The van der Waals surface area contributed by atoms with Crippen LogP contribution in [0.3, 0.4) is 0 Å². The molecule has 23 heavy (non-hydrogen) atoms. The number of rotatable bonds is 4. The van der Waals surface area contributed by atoms with Crippen molar-refractivity contribution in [3.05, 3.63) is 58.8 Å². The molecule has 0 saturated heterocycles.